The largest absolute Gasteiger partial charge is 0.461 e. The molecule has 1 saturated heterocycles. The third-order valence-corrected chi connectivity index (χ3v) is 3.82. The fraction of sp³-hybridized carbons (Fsp3) is 0.375. The molecule has 4 rings (SSSR count). The van der Waals surface area contributed by atoms with E-state index in [9.17, 15) is 0 Å². The van der Waals surface area contributed by atoms with Gasteiger partial charge in [-0.1, -0.05) is 5.16 Å². The Morgan fingerprint density at radius 2 is 2.05 bits per heavy atom. The minimum absolute atomic E-state index is 0.545. The van der Waals surface area contributed by atoms with Gasteiger partial charge in [0.2, 0.25) is 0 Å². The van der Waals surface area contributed by atoms with E-state index in [4.69, 9.17) is 13.7 Å². The van der Waals surface area contributed by atoms with Gasteiger partial charge in [0.1, 0.15) is 11.3 Å². The highest BCUT2D eigenvalue weighted by molar-refractivity contribution is 5.82. The molecule has 1 fully saturated rings. The first-order valence-corrected chi connectivity index (χ1v) is 7.41. The van der Waals surface area contributed by atoms with Crippen molar-refractivity contribution in [2.45, 2.75) is 13.5 Å². The highest BCUT2D eigenvalue weighted by Gasteiger charge is 2.15. The number of morpholine rings is 1. The lowest BCUT2D eigenvalue weighted by Crippen LogP contribution is -2.35. The molecule has 0 aliphatic carbocycles. The van der Waals surface area contributed by atoms with Crippen LogP contribution in [0.1, 0.15) is 11.6 Å². The van der Waals surface area contributed by atoms with Crippen LogP contribution in [0.25, 0.3) is 22.4 Å². The number of aromatic nitrogens is 2. The molecule has 0 radical (unpaired) electrons. The monoisotopic (exact) mass is 299 g/mol. The highest BCUT2D eigenvalue weighted by atomic mass is 16.5. The summed E-state index contributed by atoms with van der Waals surface area (Å²) in [5, 5.41) is 5.12. The minimum atomic E-state index is 0.545. The minimum Gasteiger partial charge on any atom is -0.461 e. The van der Waals surface area contributed by atoms with Gasteiger partial charge in [-0.05, 0) is 31.2 Å². The zero-order valence-electron chi connectivity index (χ0n) is 12.4. The number of aryl methyl sites for hydroxylation is 1. The van der Waals surface area contributed by atoms with E-state index in [0.717, 1.165) is 48.6 Å². The van der Waals surface area contributed by atoms with Crippen LogP contribution in [-0.4, -0.2) is 41.3 Å². The molecule has 1 aliphatic heterocycles. The molecule has 6 nitrogen and oxygen atoms in total. The fourth-order valence-electron chi connectivity index (χ4n) is 2.70. The maximum absolute atomic E-state index is 5.58. The predicted molar refractivity (Wildman–Crippen MR) is 80.3 cm³/mol. The summed E-state index contributed by atoms with van der Waals surface area (Å²) in [6.45, 7) is 5.98. The number of furan rings is 1. The third kappa shape index (κ3) is 2.63. The summed E-state index contributed by atoms with van der Waals surface area (Å²) >= 11 is 0. The zero-order chi connectivity index (χ0) is 14.9. The summed E-state index contributed by atoms with van der Waals surface area (Å²) in [5.41, 5.74) is 1.78. The van der Waals surface area contributed by atoms with Crippen molar-refractivity contribution in [3.8, 4) is 11.5 Å². The van der Waals surface area contributed by atoms with Gasteiger partial charge in [-0.15, -0.1) is 0 Å². The number of rotatable bonds is 3. The maximum atomic E-state index is 5.58. The maximum Gasteiger partial charge on any atom is 0.257 e. The average Bonchev–Trinajstić information content (AvgIpc) is 3.13. The standard InChI is InChI=1S/C16H17N3O3/c1-11-8-13-9-12(2-3-14(13)21-11)16-17-15(18-22-16)10-19-4-6-20-7-5-19/h2-3,8-9H,4-7,10H2,1H3. The van der Waals surface area contributed by atoms with Crippen LogP contribution in [0, 0.1) is 6.92 Å². The van der Waals surface area contributed by atoms with Gasteiger partial charge in [0.05, 0.1) is 19.8 Å². The van der Waals surface area contributed by atoms with Crippen LogP contribution < -0.4 is 0 Å². The van der Waals surface area contributed by atoms with Crippen molar-refractivity contribution in [3.05, 3.63) is 35.9 Å². The summed E-state index contributed by atoms with van der Waals surface area (Å²) < 4.78 is 16.3. The quantitative estimate of drug-likeness (QED) is 0.740. The Kier molecular flexibility index (Phi) is 3.40. The van der Waals surface area contributed by atoms with Gasteiger partial charge in [-0.2, -0.15) is 4.98 Å². The molecule has 3 aromatic rings. The van der Waals surface area contributed by atoms with Crippen LogP contribution in [0.15, 0.2) is 33.2 Å². The van der Waals surface area contributed by atoms with E-state index in [1.807, 2.05) is 31.2 Å². The Hall–Kier alpha value is -2.18. The second kappa shape index (κ2) is 5.55. The summed E-state index contributed by atoms with van der Waals surface area (Å²) in [6.07, 6.45) is 0. The normalized spacial score (nSPS) is 16.4. The van der Waals surface area contributed by atoms with Crippen LogP contribution in [0.2, 0.25) is 0 Å². The molecule has 22 heavy (non-hydrogen) atoms. The van der Waals surface area contributed by atoms with Crippen molar-refractivity contribution in [1.29, 1.82) is 0 Å². The van der Waals surface area contributed by atoms with E-state index < -0.39 is 0 Å². The summed E-state index contributed by atoms with van der Waals surface area (Å²) in [6, 6.07) is 7.89. The van der Waals surface area contributed by atoms with Gasteiger partial charge < -0.3 is 13.7 Å². The molecule has 1 aromatic carbocycles. The Morgan fingerprint density at radius 1 is 1.18 bits per heavy atom. The first-order chi connectivity index (χ1) is 10.8. The van der Waals surface area contributed by atoms with E-state index in [2.05, 4.69) is 15.0 Å². The van der Waals surface area contributed by atoms with Crippen molar-refractivity contribution in [2.24, 2.45) is 0 Å². The second-order valence-electron chi connectivity index (χ2n) is 5.51. The van der Waals surface area contributed by atoms with Gasteiger partial charge in [0.25, 0.3) is 5.89 Å². The topological polar surface area (TPSA) is 64.5 Å². The van der Waals surface area contributed by atoms with Crippen LogP contribution >= 0.6 is 0 Å². The van der Waals surface area contributed by atoms with Gasteiger partial charge >= 0.3 is 0 Å². The van der Waals surface area contributed by atoms with Crippen LogP contribution in [0.3, 0.4) is 0 Å². The lowest BCUT2D eigenvalue weighted by atomic mass is 10.1. The Morgan fingerprint density at radius 3 is 2.91 bits per heavy atom. The third-order valence-electron chi connectivity index (χ3n) is 3.82. The Bertz CT molecular complexity index is 787. The summed E-state index contributed by atoms with van der Waals surface area (Å²) in [5.74, 6) is 2.15. The Labute approximate surface area is 127 Å². The number of nitrogens with zero attached hydrogens (tertiary/aromatic N) is 3. The number of hydrogen-bond donors (Lipinski definition) is 0. The van der Waals surface area contributed by atoms with Gasteiger partial charge in [0.15, 0.2) is 5.82 Å². The van der Waals surface area contributed by atoms with Crippen molar-refractivity contribution in [2.75, 3.05) is 26.3 Å². The van der Waals surface area contributed by atoms with Gasteiger partial charge in [0, 0.05) is 24.0 Å². The molecule has 0 amide bonds. The van der Waals surface area contributed by atoms with E-state index >= 15 is 0 Å². The van der Waals surface area contributed by atoms with E-state index in [1.165, 1.54) is 0 Å². The lowest BCUT2D eigenvalue weighted by molar-refractivity contribution is 0.0327. The van der Waals surface area contributed by atoms with E-state index in [1.54, 1.807) is 0 Å². The number of benzene rings is 1. The van der Waals surface area contributed by atoms with Crippen molar-refractivity contribution in [1.82, 2.24) is 15.0 Å². The van der Waals surface area contributed by atoms with E-state index in [0.29, 0.717) is 18.3 Å². The number of hydrogen-bond acceptors (Lipinski definition) is 6. The molecule has 114 valence electrons. The predicted octanol–water partition coefficient (Wildman–Crippen LogP) is 2.62. The molecule has 0 N–H and O–H groups in total. The van der Waals surface area contributed by atoms with Crippen LogP contribution in [0.5, 0.6) is 0 Å². The molecule has 3 heterocycles. The summed E-state index contributed by atoms with van der Waals surface area (Å²) in [7, 11) is 0. The lowest BCUT2D eigenvalue weighted by Gasteiger charge is -2.24. The first-order valence-electron chi connectivity index (χ1n) is 7.41. The van der Waals surface area contributed by atoms with Gasteiger partial charge in [-0.3, -0.25) is 4.90 Å². The zero-order valence-corrected chi connectivity index (χ0v) is 12.4. The molecule has 2 aromatic heterocycles. The molecule has 0 spiro atoms. The fourth-order valence-corrected chi connectivity index (χ4v) is 2.70. The second-order valence-corrected chi connectivity index (χ2v) is 5.51. The molecule has 0 saturated carbocycles. The van der Waals surface area contributed by atoms with Crippen molar-refractivity contribution >= 4 is 11.0 Å². The molecule has 0 unspecified atom stereocenters. The molecule has 0 atom stereocenters. The molecular formula is C16H17N3O3. The van der Waals surface area contributed by atoms with Crippen LogP contribution in [-0.2, 0) is 11.3 Å². The molecule has 0 bridgehead atoms. The van der Waals surface area contributed by atoms with Crippen molar-refractivity contribution in [3.63, 3.8) is 0 Å². The Balaban J connectivity index is 1.56. The first kappa shape index (κ1) is 13.5. The van der Waals surface area contributed by atoms with Crippen molar-refractivity contribution < 1.29 is 13.7 Å². The molecular weight excluding hydrogens is 282 g/mol. The average molecular weight is 299 g/mol. The highest BCUT2D eigenvalue weighted by Crippen LogP contribution is 2.25. The van der Waals surface area contributed by atoms with Crippen LogP contribution in [0.4, 0.5) is 0 Å². The summed E-state index contributed by atoms with van der Waals surface area (Å²) in [4.78, 5) is 6.76. The van der Waals surface area contributed by atoms with Gasteiger partial charge in [-0.25, -0.2) is 0 Å². The molecule has 6 heteroatoms. The SMILES string of the molecule is Cc1cc2cc(-c3nc(CN4CCOCC4)no3)ccc2o1. The molecule has 1 aliphatic rings. The van der Waals surface area contributed by atoms with E-state index in [-0.39, 0.29) is 0 Å². The smallest absolute Gasteiger partial charge is 0.257 e. The number of ether oxygens (including phenoxy) is 1. The number of fused-ring (bicyclic) bond motifs is 1.